The van der Waals surface area contributed by atoms with E-state index in [1.54, 1.807) is 24.3 Å². The van der Waals surface area contributed by atoms with Gasteiger partial charge in [0.25, 0.3) is 5.91 Å². The van der Waals surface area contributed by atoms with E-state index in [2.05, 4.69) is 5.32 Å². The van der Waals surface area contributed by atoms with Crippen molar-refractivity contribution in [1.29, 1.82) is 0 Å². The zero-order chi connectivity index (χ0) is 18.0. The van der Waals surface area contributed by atoms with Gasteiger partial charge in [0.1, 0.15) is 0 Å². The van der Waals surface area contributed by atoms with E-state index in [0.717, 1.165) is 0 Å². The van der Waals surface area contributed by atoms with Crippen molar-refractivity contribution in [3.05, 3.63) is 71.9 Å². The lowest BCUT2D eigenvalue weighted by Gasteiger charge is -2.11. The fraction of sp³-hybridized carbons (Fsp3) is 0.150. The quantitative estimate of drug-likeness (QED) is 0.615. The molecule has 128 valence electrons. The molecule has 0 saturated carbocycles. The molecule has 0 fully saturated rings. The summed E-state index contributed by atoms with van der Waals surface area (Å²) in [6.07, 6.45) is 0. The van der Waals surface area contributed by atoms with E-state index in [4.69, 9.17) is 0 Å². The monoisotopic (exact) mass is 336 g/mol. The largest absolute Gasteiger partial charge is 0.492 e. The summed E-state index contributed by atoms with van der Waals surface area (Å²) < 4.78 is 0.701. The van der Waals surface area contributed by atoms with E-state index in [0.29, 0.717) is 27.2 Å². The molecule has 3 rings (SSSR count). The number of nitrogens with one attached hydrogen (secondary N) is 1. The predicted molar refractivity (Wildman–Crippen MR) is 97.2 cm³/mol. The van der Waals surface area contributed by atoms with Gasteiger partial charge < -0.3 is 15.6 Å². The Labute approximate surface area is 146 Å². The van der Waals surface area contributed by atoms with E-state index in [1.165, 1.54) is 0 Å². The molecule has 3 aromatic rings. The average Bonchev–Trinajstić information content (AvgIpc) is 2.88. The van der Waals surface area contributed by atoms with Crippen LogP contribution in [0.2, 0.25) is 0 Å². The number of carbonyl (C=O) groups excluding carboxylic acids is 1. The maximum absolute atomic E-state index is 13.0. The average molecular weight is 336 g/mol. The Morgan fingerprint density at radius 2 is 1.56 bits per heavy atom. The van der Waals surface area contributed by atoms with E-state index >= 15 is 0 Å². The molecule has 0 aliphatic carbocycles. The Morgan fingerprint density at radius 3 is 2.12 bits per heavy atom. The van der Waals surface area contributed by atoms with Crippen LogP contribution in [0.4, 0.5) is 5.69 Å². The number of benzene rings is 2. The number of nitrogens with zero attached hydrogens (tertiary/aromatic N) is 1. The molecule has 2 aromatic carbocycles. The van der Waals surface area contributed by atoms with Gasteiger partial charge in [0.2, 0.25) is 5.88 Å². The number of para-hydroxylation sites is 1. The first-order valence-electron chi connectivity index (χ1n) is 8.09. The van der Waals surface area contributed by atoms with Crippen LogP contribution < -0.4 is 5.32 Å². The number of anilines is 1. The van der Waals surface area contributed by atoms with Crippen LogP contribution in [0.5, 0.6) is 5.88 Å². The van der Waals surface area contributed by atoms with Gasteiger partial charge in [0, 0.05) is 5.69 Å². The lowest BCUT2D eigenvalue weighted by Crippen LogP contribution is -2.16. The zero-order valence-corrected chi connectivity index (χ0v) is 14.1. The lowest BCUT2D eigenvalue weighted by molar-refractivity contribution is 0.102. The van der Waals surface area contributed by atoms with Crippen molar-refractivity contribution in [2.75, 3.05) is 5.32 Å². The van der Waals surface area contributed by atoms with Crippen LogP contribution in [0.15, 0.2) is 60.7 Å². The molecule has 25 heavy (non-hydrogen) atoms. The fourth-order valence-corrected chi connectivity index (χ4v) is 2.92. The molecule has 0 saturated heterocycles. The molecular weight excluding hydrogens is 316 g/mol. The second-order valence-corrected chi connectivity index (χ2v) is 6.11. The van der Waals surface area contributed by atoms with Crippen LogP contribution in [0, 0.1) is 0 Å². The number of aromatic hydroxyl groups is 1. The molecule has 0 radical (unpaired) electrons. The first kappa shape index (κ1) is 16.6. The molecule has 0 bridgehead atoms. The summed E-state index contributed by atoms with van der Waals surface area (Å²) in [5.41, 5.74) is 2.26. The summed E-state index contributed by atoms with van der Waals surface area (Å²) in [5.74, 6) is -0.880. The summed E-state index contributed by atoms with van der Waals surface area (Å²) in [7, 11) is 0. The van der Waals surface area contributed by atoms with Gasteiger partial charge in [0.15, 0.2) is 0 Å². The minimum atomic E-state index is -0.378. The van der Waals surface area contributed by atoms with Crippen molar-refractivity contribution in [1.82, 2.24) is 4.73 Å². The highest BCUT2D eigenvalue weighted by atomic mass is 16.5. The third kappa shape index (κ3) is 3.08. The second kappa shape index (κ2) is 6.73. The SMILES string of the molecule is CC(C)c1c(C(=O)Nc2ccccc2)c(-c2ccccc2)c(O)n1O. The van der Waals surface area contributed by atoms with Crippen LogP contribution in [0.25, 0.3) is 11.1 Å². The van der Waals surface area contributed by atoms with Gasteiger partial charge in [-0.15, -0.1) is 0 Å². The summed E-state index contributed by atoms with van der Waals surface area (Å²) >= 11 is 0. The molecule has 1 aromatic heterocycles. The first-order valence-corrected chi connectivity index (χ1v) is 8.09. The van der Waals surface area contributed by atoms with Crippen LogP contribution in [-0.2, 0) is 0 Å². The minimum Gasteiger partial charge on any atom is -0.492 e. The topological polar surface area (TPSA) is 74.5 Å². The molecule has 3 N–H and O–H groups in total. The highest BCUT2D eigenvalue weighted by molar-refractivity contribution is 6.11. The predicted octanol–water partition coefficient (Wildman–Crippen LogP) is 4.47. The van der Waals surface area contributed by atoms with Crippen molar-refractivity contribution in [2.24, 2.45) is 0 Å². The van der Waals surface area contributed by atoms with Crippen molar-refractivity contribution < 1.29 is 15.1 Å². The molecule has 5 heteroatoms. The van der Waals surface area contributed by atoms with Gasteiger partial charge in [-0.2, -0.15) is 4.73 Å². The highest BCUT2D eigenvalue weighted by Gasteiger charge is 2.29. The molecule has 1 heterocycles. The van der Waals surface area contributed by atoms with Crippen LogP contribution in [0.1, 0.15) is 35.8 Å². The number of aromatic nitrogens is 1. The smallest absolute Gasteiger partial charge is 0.258 e. The van der Waals surface area contributed by atoms with Crippen molar-refractivity contribution in [3.8, 4) is 17.0 Å². The van der Waals surface area contributed by atoms with Crippen LogP contribution in [-0.4, -0.2) is 21.0 Å². The Morgan fingerprint density at radius 1 is 1.00 bits per heavy atom. The summed E-state index contributed by atoms with van der Waals surface area (Å²) in [4.78, 5) is 13.0. The molecular formula is C20H20N2O3. The summed E-state index contributed by atoms with van der Waals surface area (Å²) in [6, 6.07) is 18.1. The van der Waals surface area contributed by atoms with E-state index in [-0.39, 0.29) is 23.3 Å². The number of rotatable bonds is 4. The molecule has 0 unspecified atom stereocenters. The highest BCUT2D eigenvalue weighted by Crippen LogP contribution is 2.39. The molecule has 0 aliphatic heterocycles. The maximum atomic E-state index is 13.0. The summed E-state index contributed by atoms with van der Waals surface area (Å²) in [5, 5.41) is 23.6. The number of amides is 1. The van der Waals surface area contributed by atoms with Gasteiger partial charge >= 0.3 is 0 Å². The Hall–Kier alpha value is -3.21. The van der Waals surface area contributed by atoms with Crippen LogP contribution >= 0.6 is 0 Å². The van der Waals surface area contributed by atoms with Gasteiger partial charge in [0.05, 0.1) is 16.8 Å². The maximum Gasteiger partial charge on any atom is 0.258 e. The normalized spacial score (nSPS) is 10.8. The number of hydrogen-bond donors (Lipinski definition) is 3. The zero-order valence-electron chi connectivity index (χ0n) is 14.1. The van der Waals surface area contributed by atoms with Crippen molar-refractivity contribution >= 4 is 11.6 Å². The Balaban J connectivity index is 2.16. The van der Waals surface area contributed by atoms with E-state index < -0.39 is 0 Å². The van der Waals surface area contributed by atoms with Gasteiger partial charge in [-0.1, -0.05) is 62.4 Å². The standard InChI is InChI=1S/C20H20N2O3/c1-13(2)18-17(19(23)21-15-11-7-4-8-12-15)16(20(24)22(18)25)14-9-5-3-6-10-14/h3-13,24-25H,1-2H3,(H,21,23). The number of hydrogen-bond acceptors (Lipinski definition) is 3. The lowest BCUT2D eigenvalue weighted by atomic mass is 9.97. The fourth-order valence-electron chi connectivity index (χ4n) is 2.92. The third-order valence-corrected chi connectivity index (χ3v) is 4.03. The molecule has 0 atom stereocenters. The van der Waals surface area contributed by atoms with E-state index in [1.807, 2.05) is 50.2 Å². The minimum absolute atomic E-state index is 0.162. The summed E-state index contributed by atoms with van der Waals surface area (Å²) in [6.45, 7) is 3.71. The molecule has 1 amide bonds. The molecule has 5 nitrogen and oxygen atoms in total. The molecule has 0 spiro atoms. The van der Waals surface area contributed by atoms with Crippen molar-refractivity contribution in [2.45, 2.75) is 19.8 Å². The third-order valence-electron chi connectivity index (χ3n) is 4.03. The first-order chi connectivity index (χ1) is 12.0. The van der Waals surface area contributed by atoms with Crippen molar-refractivity contribution in [3.63, 3.8) is 0 Å². The molecule has 0 aliphatic rings. The van der Waals surface area contributed by atoms with Gasteiger partial charge in [-0.05, 0) is 23.6 Å². The number of carbonyl (C=O) groups is 1. The van der Waals surface area contributed by atoms with Crippen LogP contribution in [0.3, 0.4) is 0 Å². The van der Waals surface area contributed by atoms with Gasteiger partial charge in [-0.25, -0.2) is 0 Å². The van der Waals surface area contributed by atoms with E-state index in [9.17, 15) is 15.1 Å². The second-order valence-electron chi connectivity index (χ2n) is 6.11. The van der Waals surface area contributed by atoms with Gasteiger partial charge in [-0.3, -0.25) is 4.79 Å². The Bertz CT molecular complexity index is 884. The Kier molecular flexibility index (Phi) is 4.48.